The highest BCUT2D eigenvalue weighted by Gasteiger charge is 2.44. The van der Waals surface area contributed by atoms with Gasteiger partial charge in [0, 0.05) is 24.8 Å². The lowest BCUT2D eigenvalue weighted by Gasteiger charge is -2.31. The number of likely N-dealkylation sites (N-methyl/N-ethyl adjacent to an activating group) is 1. The van der Waals surface area contributed by atoms with Crippen molar-refractivity contribution >= 4 is 17.6 Å². The maximum absolute atomic E-state index is 12.6. The largest absolute Gasteiger partial charge is 0.490 e. The van der Waals surface area contributed by atoms with Gasteiger partial charge in [0.05, 0.1) is 18.1 Å². The number of hydrogen-bond acceptors (Lipinski definition) is 6. The molecule has 2 fully saturated rings. The Hall–Kier alpha value is -2.53. The summed E-state index contributed by atoms with van der Waals surface area (Å²) < 4.78 is 48.3. The van der Waals surface area contributed by atoms with Gasteiger partial charge < -0.3 is 24.6 Å². The molecule has 3 aliphatic heterocycles. The molecule has 160 valence electrons. The van der Waals surface area contributed by atoms with Gasteiger partial charge in [-0.3, -0.25) is 9.69 Å². The Balaban J connectivity index is 0.000000298. The molecule has 1 aromatic rings. The van der Waals surface area contributed by atoms with Crippen LogP contribution in [0.5, 0.6) is 11.5 Å². The van der Waals surface area contributed by atoms with Crippen LogP contribution >= 0.6 is 0 Å². The molecular weight excluding hydrogens is 397 g/mol. The van der Waals surface area contributed by atoms with Crippen LogP contribution in [0.4, 0.5) is 18.9 Å². The Morgan fingerprint density at radius 1 is 1.24 bits per heavy atom. The van der Waals surface area contributed by atoms with E-state index >= 15 is 0 Å². The number of aliphatic carboxylic acids is 1. The van der Waals surface area contributed by atoms with E-state index < -0.39 is 12.1 Å². The zero-order valence-electron chi connectivity index (χ0n) is 15.6. The first-order valence-corrected chi connectivity index (χ1v) is 9.05. The van der Waals surface area contributed by atoms with Gasteiger partial charge in [0.15, 0.2) is 11.5 Å². The molecule has 1 amide bonds. The van der Waals surface area contributed by atoms with Gasteiger partial charge in [-0.05, 0) is 25.1 Å². The van der Waals surface area contributed by atoms with Crippen LogP contribution in [0.15, 0.2) is 18.2 Å². The highest BCUT2D eigenvalue weighted by Crippen LogP contribution is 2.36. The summed E-state index contributed by atoms with van der Waals surface area (Å²) >= 11 is 0. The van der Waals surface area contributed by atoms with Crippen LogP contribution in [-0.4, -0.2) is 66.7 Å². The Labute approximate surface area is 164 Å². The van der Waals surface area contributed by atoms with E-state index in [-0.39, 0.29) is 30.8 Å². The third-order valence-corrected chi connectivity index (χ3v) is 4.90. The number of carboxylic acid groups (broad SMARTS) is 1. The van der Waals surface area contributed by atoms with Gasteiger partial charge >= 0.3 is 12.1 Å². The zero-order valence-corrected chi connectivity index (χ0v) is 15.6. The van der Waals surface area contributed by atoms with Gasteiger partial charge in [-0.2, -0.15) is 13.2 Å². The molecule has 3 atom stereocenters. The van der Waals surface area contributed by atoms with Crippen molar-refractivity contribution in [3.05, 3.63) is 18.2 Å². The Morgan fingerprint density at radius 3 is 2.59 bits per heavy atom. The SMILES string of the molecule is CCN1C[C@H]2C[C@H](C(=O)Nc3ccc4c(c3)OCO4)[C@@H](C1)O2.O=C(O)C(F)(F)F. The number of rotatable bonds is 3. The highest BCUT2D eigenvalue weighted by atomic mass is 19.4. The minimum Gasteiger partial charge on any atom is -0.475 e. The average Bonchev–Trinajstić information content (AvgIpc) is 3.24. The fourth-order valence-electron chi connectivity index (χ4n) is 3.48. The second kappa shape index (κ2) is 8.46. The molecule has 3 aliphatic rings. The van der Waals surface area contributed by atoms with Crippen molar-refractivity contribution in [1.29, 1.82) is 0 Å². The van der Waals surface area contributed by atoms with Crippen LogP contribution in [0.1, 0.15) is 13.3 Å². The number of carbonyl (C=O) groups is 2. The molecular formula is C18H21F3N2O6. The number of benzene rings is 1. The van der Waals surface area contributed by atoms with Gasteiger partial charge in [0.2, 0.25) is 12.7 Å². The number of carbonyl (C=O) groups excluding carboxylic acids is 1. The van der Waals surface area contributed by atoms with E-state index in [1.165, 1.54) is 0 Å². The Kier molecular flexibility index (Phi) is 6.18. The van der Waals surface area contributed by atoms with Crippen molar-refractivity contribution in [1.82, 2.24) is 4.90 Å². The molecule has 0 radical (unpaired) electrons. The number of carboxylic acids is 1. The summed E-state index contributed by atoms with van der Waals surface area (Å²) in [5.74, 6) is -1.41. The molecule has 0 aromatic heterocycles. The molecule has 0 unspecified atom stereocenters. The van der Waals surface area contributed by atoms with Crippen LogP contribution in [0.2, 0.25) is 0 Å². The van der Waals surface area contributed by atoms with Crippen molar-refractivity contribution in [2.75, 3.05) is 31.7 Å². The topological polar surface area (TPSA) is 97.3 Å². The van der Waals surface area contributed by atoms with Crippen molar-refractivity contribution < 1.29 is 42.1 Å². The van der Waals surface area contributed by atoms with E-state index in [4.69, 9.17) is 24.1 Å². The normalized spacial score (nSPS) is 25.2. The molecule has 3 heterocycles. The van der Waals surface area contributed by atoms with Crippen LogP contribution in [-0.2, 0) is 14.3 Å². The van der Waals surface area contributed by atoms with E-state index in [0.29, 0.717) is 5.75 Å². The quantitative estimate of drug-likeness (QED) is 0.776. The fourth-order valence-corrected chi connectivity index (χ4v) is 3.48. The van der Waals surface area contributed by atoms with E-state index in [1.54, 1.807) is 6.07 Å². The molecule has 2 N–H and O–H groups in total. The summed E-state index contributed by atoms with van der Waals surface area (Å²) in [6.07, 6.45) is -4.09. The second-order valence-corrected chi connectivity index (χ2v) is 6.85. The molecule has 0 aliphatic carbocycles. The number of morpholine rings is 1. The van der Waals surface area contributed by atoms with E-state index in [9.17, 15) is 18.0 Å². The molecule has 0 spiro atoms. The third kappa shape index (κ3) is 5.10. The van der Waals surface area contributed by atoms with Crippen LogP contribution < -0.4 is 14.8 Å². The summed E-state index contributed by atoms with van der Waals surface area (Å²) in [5, 5.41) is 10.1. The summed E-state index contributed by atoms with van der Waals surface area (Å²) in [5.41, 5.74) is 0.739. The van der Waals surface area contributed by atoms with Crippen molar-refractivity contribution in [3.8, 4) is 11.5 Å². The summed E-state index contributed by atoms with van der Waals surface area (Å²) in [4.78, 5) is 23.8. The van der Waals surface area contributed by atoms with Crippen molar-refractivity contribution in [2.45, 2.75) is 31.7 Å². The molecule has 2 bridgehead atoms. The fraction of sp³-hybridized carbons (Fsp3) is 0.556. The van der Waals surface area contributed by atoms with Crippen LogP contribution in [0, 0.1) is 5.92 Å². The van der Waals surface area contributed by atoms with E-state index in [0.717, 1.165) is 37.5 Å². The number of alkyl halides is 3. The minimum atomic E-state index is -5.08. The van der Waals surface area contributed by atoms with Crippen LogP contribution in [0.3, 0.4) is 0 Å². The first kappa shape index (κ1) is 21.2. The Morgan fingerprint density at radius 2 is 1.93 bits per heavy atom. The van der Waals surface area contributed by atoms with Crippen molar-refractivity contribution in [2.24, 2.45) is 5.92 Å². The molecule has 29 heavy (non-hydrogen) atoms. The number of hydrogen-bond donors (Lipinski definition) is 2. The smallest absolute Gasteiger partial charge is 0.475 e. The number of ether oxygens (including phenoxy) is 3. The lowest BCUT2D eigenvalue weighted by Crippen LogP contribution is -2.44. The number of nitrogens with zero attached hydrogens (tertiary/aromatic N) is 1. The number of amides is 1. The molecule has 0 saturated carbocycles. The first-order valence-electron chi connectivity index (χ1n) is 9.05. The van der Waals surface area contributed by atoms with E-state index in [2.05, 4.69) is 17.1 Å². The highest BCUT2D eigenvalue weighted by molar-refractivity contribution is 5.93. The van der Waals surface area contributed by atoms with Gasteiger partial charge in [-0.1, -0.05) is 6.92 Å². The maximum atomic E-state index is 12.6. The molecule has 1 aromatic carbocycles. The average molecular weight is 418 g/mol. The number of likely N-dealkylation sites (tertiary alicyclic amines) is 1. The number of halogens is 3. The number of anilines is 1. The number of fused-ring (bicyclic) bond motifs is 3. The summed E-state index contributed by atoms with van der Waals surface area (Å²) in [7, 11) is 0. The van der Waals surface area contributed by atoms with Gasteiger partial charge in [-0.25, -0.2) is 4.79 Å². The van der Waals surface area contributed by atoms with Crippen molar-refractivity contribution in [3.63, 3.8) is 0 Å². The van der Waals surface area contributed by atoms with Gasteiger partial charge in [0.25, 0.3) is 0 Å². The predicted octanol–water partition coefficient (Wildman–Crippen LogP) is 2.10. The number of nitrogens with one attached hydrogen (secondary N) is 1. The standard InChI is InChI=1S/C16H20N2O4.C2HF3O2/c1-2-18-7-11-6-12(15(8-18)22-11)16(19)17-10-3-4-13-14(5-10)21-9-20-13;3-2(4,5)1(6)7/h3-5,11-12,15H,2,6-9H2,1H3,(H,17,19);(H,6,7)/t11-,12+,15-;/m1./s1. The third-order valence-electron chi connectivity index (χ3n) is 4.90. The van der Waals surface area contributed by atoms with Crippen LogP contribution in [0.25, 0.3) is 0 Å². The maximum Gasteiger partial charge on any atom is 0.490 e. The monoisotopic (exact) mass is 418 g/mol. The van der Waals surface area contributed by atoms with Gasteiger partial charge in [0.1, 0.15) is 0 Å². The second-order valence-electron chi connectivity index (χ2n) is 6.85. The minimum absolute atomic E-state index is 0.00714. The molecule has 11 heteroatoms. The Bertz CT molecular complexity index is 772. The van der Waals surface area contributed by atoms with Gasteiger partial charge in [-0.15, -0.1) is 0 Å². The summed E-state index contributed by atoms with van der Waals surface area (Å²) in [6, 6.07) is 5.46. The molecule has 2 saturated heterocycles. The van der Waals surface area contributed by atoms with E-state index in [1.807, 2.05) is 12.1 Å². The lowest BCUT2D eigenvalue weighted by atomic mass is 9.99. The molecule has 8 nitrogen and oxygen atoms in total. The molecule has 4 rings (SSSR count). The lowest BCUT2D eigenvalue weighted by molar-refractivity contribution is -0.192. The summed E-state index contributed by atoms with van der Waals surface area (Å²) in [6.45, 7) is 5.16. The predicted molar refractivity (Wildman–Crippen MR) is 93.8 cm³/mol. The first-order chi connectivity index (χ1) is 13.7. The zero-order chi connectivity index (χ0) is 21.2.